The molecular weight excluding hydrogens is 434 g/mol. The molecule has 8 atom stereocenters. The summed E-state index contributed by atoms with van der Waals surface area (Å²) >= 11 is 0. The van der Waals surface area contributed by atoms with Gasteiger partial charge in [-0.3, -0.25) is 4.79 Å². The summed E-state index contributed by atoms with van der Waals surface area (Å²) < 4.78 is 41.3. The molecule has 3 N–H and O–H groups in total. The largest absolute Gasteiger partial charge is 0.349 e. The Kier molecular flexibility index (Phi) is 6.24. The van der Waals surface area contributed by atoms with E-state index in [9.17, 15) is 18.0 Å². The van der Waals surface area contributed by atoms with Gasteiger partial charge in [-0.1, -0.05) is 25.7 Å². The molecule has 2 amide bonds. The van der Waals surface area contributed by atoms with Crippen LogP contribution in [0.3, 0.4) is 0 Å². The molecule has 0 spiro atoms. The summed E-state index contributed by atoms with van der Waals surface area (Å²) in [7, 11) is -4.13. The van der Waals surface area contributed by atoms with Gasteiger partial charge in [0, 0.05) is 18.0 Å². The van der Waals surface area contributed by atoms with E-state index in [0.29, 0.717) is 36.5 Å². The number of urea groups is 1. The van der Waals surface area contributed by atoms with Crippen LogP contribution in [-0.4, -0.2) is 51.3 Å². The van der Waals surface area contributed by atoms with Gasteiger partial charge in [-0.05, 0) is 62.7 Å². The summed E-state index contributed by atoms with van der Waals surface area (Å²) in [6.07, 6.45) is 8.61. The number of amides is 2. The summed E-state index contributed by atoms with van der Waals surface area (Å²) in [5.41, 5.74) is 0. The molecule has 1 saturated heterocycles. The highest BCUT2D eigenvalue weighted by Gasteiger charge is 2.49. The summed E-state index contributed by atoms with van der Waals surface area (Å²) in [6, 6.07) is -1.26. The molecule has 0 bridgehead atoms. The Bertz CT molecular complexity index is 831. The molecule has 4 aliphatic carbocycles. The number of Topliss-reactive ketones (excluding diaryl/α,β-unsaturated/α-hetero) is 1. The van der Waals surface area contributed by atoms with Gasteiger partial charge in [-0.15, -0.1) is 0 Å². The minimum atomic E-state index is -4.13. The van der Waals surface area contributed by atoms with Crippen LogP contribution in [0.4, 0.5) is 4.79 Å². The van der Waals surface area contributed by atoms with Gasteiger partial charge in [0.2, 0.25) is 0 Å². The lowest BCUT2D eigenvalue weighted by Crippen LogP contribution is -2.58. The predicted octanol–water partition coefficient (Wildman–Crippen LogP) is 1.83. The zero-order chi connectivity index (χ0) is 22.5. The number of carbonyl (C=O) groups is 2. The third-order valence-corrected chi connectivity index (χ3v) is 9.82. The zero-order valence-electron chi connectivity index (χ0n) is 18.6. The Morgan fingerprint density at radius 1 is 0.875 bits per heavy atom. The fourth-order valence-electron chi connectivity index (χ4n) is 7.39. The summed E-state index contributed by atoms with van der Waals surface area (Å²) in [5.74, 6) is 1.59. The quantitative estimate of drug-likeness (QED) is 0.565. The highest BCUT2D eigenvalue weighted by molar-refractivity contribution is 7.88. The molecule has 0 aromatic carbocycles. The highest BCUT2D eigenvalue weighted by atomic mass is 32.2. The first-order valence-corrected chi connectivity index (χ1v) is 13.6. The number of hydrogen-bond acceptors (Lipinski definition) is 6. The van der Waals surface area contributed by atoms with Gasteiger partial charge in [0.15, 0.2) is 0 Å². The molecule has 0 aromatic rings. The smallest absolute Gasteiger partial charge is 0.329 e. The van der Waals surface area contributed by atoms with Crippen molar-refractivity contribution in [3.63, 3.8) is 0 Å². The van der Waals surface area contributed by atoms with Crippen molar-refractivity contribution in [1.82, 2.24) is 14.8 Å². The van der Waals surface area contributed by atoms with E-state index in [-0.39, 0.29) is 30.8 Å². The van der Waals surface area contributed by atoms with E-state index >= 15 is 0 Å². The first kappa shape index (κ1) is 22.6. The van der Waals surface area contributed by atoms with Gasteiger partial charge < -0.3 is 14.8 Å². The molecule has 5 fully saturated rings. The maximum Gasteiger partial charge on any atom is 0.329 e. The second kappa shape index (κ2) is 8.85. The van der Waals surface area contributed by atoms with Crippen LogP contribution in [0, 0.1) is 29.6 Å². The van der Waals surface area contributed by atoms with E-state index in [1.54, 1.807) is 0 Å². The van der Waals surface area contributed by atoms with Gasteiger partial charge in [0.1, 0.15) is 12.6 Å². The average Bonchev–Trinajstić information content (AvgIpc) is 3.46. The fourth-order valence-corrected chi connectivity index (χ4v) is 8.41. The van der Waals surface area contributed by atoms with Gasteiger partial charge in [-0.25, -0.2) is 9.52 Å². The molecule has 5 rings (SSSR count). The normalized spacial score (nSPS) is 43.2. The molecule has 0 aromatic heterocycles. The second-order valence-electron chi connectivity index (χ2n) is 10.5. The van der Waals surface area contributed by atoms with Gasteiger partial charge in [0.05, 0.1) is 12.2 Å². The molecule has 0 radical (unpaired) electrons. The molecule has 9 nitrogen and oxygen atoms in total. The standard InChI is InChI=1S/C22H35N3O6S/c1-12(26)17-9-19-20(31-11-30-19)10-18(17)24-32(28,29)25-22(27)23-21-15-6-2-4-13(15)8-14-5-3-7-16(14)21/h13-21,24H,2-11H2,1H3,(H2,23,25,27). The Morgan fingerprint density at radius 3 is 2.12 bits per heavy atom. The summed E-state index contributed by atoms with van der Waals surface area (Å²) in [6.45, 7) is 1.62. The Labute approximate surface area is 189 Å². The first-order chi connectivity index (χ1) is 15.3. The number of nitrogens with one attached hydrogen (secondary N) is 3. The van der Waals surface area contributed by atoms with Crippen LogP contribution >= 0.6 is 0 Å². The van der Waals surface area contributed by atoms with Crippen LogP contribution in [0.1, 0.15) is 64.7 Å². The van der Waals surface area contributed by atoms with E-state index < -0.39 is 28.2 Å². The number of rotatable bonds is 5. The minimum absolute atomic E-state index is 0.0448. The van der Waals surface area contributed by atoms with Crippen molar-refractivity contribution in [1.29, 1.82) is 0 Å². The lowest BCUT2D eigenvalue weighted by atomic mass is 9.67. The third-order valence-electron chi connectivity index (χ3n) is 8.75. The number of hydrogen-bond donors (Lipinski definition) is 3. The second-order valence-corrected chi connectivity index (χ2v) is 11.9. The summed E-state index contributed by atoms with van der Waals surface area (Å²) in [4.78, 5) is 24.9. The number of carbonyl (C=O) groups excluding carboxylic acids is 2. The van der Waals surface area contributed by atoms with Crippen LogP contribution in [0.15, 0.2) is 0 Å². The summed E-state index contributed by atoms with van der Waals surface area (Å²) in [5, 5.41) is 3.05. The van der Waals surface area contributed by atoms with Crippen molar-refractivity contribution in [2.45, 2.75) is 89.0 Å². The van der Waals surface area contributed by atoms with Gasteiger partial charge in [0.25, 0.3) is 0 Å². The van der Waals surface area contributed by atoms with E-state index in [1.165, 1.54) is 39.0 Å². The maximum atomic E-state index is 12.8. The van der Waals surface area contributed by atoms with E-state index in [0.717, 1.165) is 12.8 Å². The molecule has 1 heterocycles. The molecule has 5 aliphatic rings. The SMILES string of the molecule is CC(=O)C1CC2OCOC2CC1NS(=O)(=O)NC(=O)NC1C2CCCC2CC2CCCC21. The van der Waals surface area contributed by atoms with Crippen molar-refractivity contribution < 1.29 is 27.5 Å². The van der Waals surface area contributed by atoms with Crippen molar-refractivity contribution in [2.24, 2.45) is 29.6 Å². The monoisotopic (exact) mass is 469 g/mol. The maximum absolute atomic E-state index is 12.8. The van der Waals surface area contributed by atoms with Crippen LogP contribution in [0.25, 0.3) is 0 Å². The topological polar surface area (TPSA) is 123 Å². The van der Waals surface area contributed by atoms with Crippen molar-refractivity contribution in [2.75, 3.05) is 6.79 Å². The van der Waals surface area contributed by atoms with Gasteiger partial charge in [-0.2, -0.15) is 13.1 Å². The van der Waals surface area contributed by atoms with Crippen molar-refractivity contribution >= 4 is 22.0 Å². The van der Waals surface area contributed by atoms with Crippen LogP contribution < -0.4 is 14.8 Å². The number of ether oxygens (including phenoxy) is 2. The van der Waals surface area contributed by atoms with E-state index in [1.807, 2.05) is 0 Å². The molecule has 180 valence electrons. The lowest BCUT2D eigenvalue weighted by molar-refractivity contribution is -0.124. The van der Waals surface area contributed by atoms with Crippen LogP contribution in [-0.2, 0) is 24.5 Å². The molecule has 32 heavy (non-hydrogen) atoms. The molecular formula is C22H35N3O6S. The Balaban J connectivity index is 1.23. The molecule has 8 unspecified atom stereocenters. The van der Waals surface area contributed by atoms with Crippen molar-refractivity contribution in [3.8, 4) is 0 Å². The number of fused-ring (bicyclic) bond motifs is 3. The fraction of sp³-hybridized carbons (Fsp3) is 0.909. The van der Waals surface area contributed by atoms with Crippen molar-refractivity contribution in [3.05, 3.63) is 0 Å². The zero-order valence-corrected chi connectivity index (χ0v) is 19.4. The highest BCUT2D eigenvalue weighted by Crippen LogP contribution is 2.52. The Morgan fingerprint density at radius 2 is 1.50 bits per heavy atom. The number of ketones is 1. The molecule has 4 saturated carbocycles. The van der Waals surface area contributed by atoms with Crippen LogP contribution in [0.5, 0.6) is 0 Å². The molecule has 1 aliphatic heterocycles. The third kappa shape index (κ3) is 4.43. The first-order valence-electron chi connectivity index (χ1n) is 12.1. The van der Waals surface area contributed by atoms with Crippen LogP contribution in [0.2, 0.25) is 0 Å². The molecule has 10 heteroatoms. The lowest BCUT2D eigenvalue weighted by Gasteiger charge is -2.42. The Hall–Kier alpha value is -1.23. The minimum Gasteiger partial charge on any atom is -0.349 e. The average molecular weight is 470 g/mol. The predicted molar refractivity (Wildman–Crippen MR) is 116 cm³/mol. The van der Waals surface area contributed by atoms with Gasteiger partial charge >= 0.3 is 16.2 Å². The van der Waals surface area contributed by atoms with E-state index in [4.69, 9.17) is 9.47 Å². The van der Waals surface area contributed by atoms with E-state index in [2.05, 4.69) is 14.8 Å².